The van der Waals surface area contributed by atoms with E-state index >= 15 is 0 Å². The van der Waals surface area contributed by atoms with Gasteiger partial charge in [0.05, 0.1) is 11.5 Å². The van der Waals surface area contributed by atoms with Crippen molar-refractivity contribution in [3.05, 3.63) is 29.8 Å². The van der Waals surface area contributed by atoms with Crippen LogP contribution in [0.3, 0.4) is 0 Å². The number of carbonyl (C=O) groups is 2. The van der Waals surface area contributed by atoms with Crippen molar-refractivity contribution in [3.8, 4) is 0 Å². The maximum atomic E-state index is 13.1. The van der Waals surface area contributed by atoms with Gasteiger partial charge >= 0.3 is 5.97 Å². The van der Waals surface area contributed by atoms with Gasteiger partial charge in [-0.3, -0.25) is 9.59 Å². The molecule has 0 aromatic carbocycles. The number of aromatic nitrogens is 1. The lowest BCUT2D eigenvalue weighted by Gasteiger charge is -2.26. The van der Waals surface area contributed by atoms with Gasteiger partial charge in [0.1, 0.15) is 6.54 Å². The van der Waals surface area contributed by atoms with E-state index in [1.165, 1.54) is 6.07 Å². The molecule has 0 bridgehead atoms. The van der Waals surface area contributed by atoms with Crippen molar-refractivity contribution >= 4 is 21.7 Å². The van der Waals surface area contributed by atoms with Gasteiger partial charge in [-0.1, -0.05) is 0 Å². The summed E-state index contributed by atoms with van der Waals surface area (Å²) in [6.07, 6.45) is 1.27. The second-order valence-electron chi connectivity index (χ2n) is 4.75. The molecule has 1 unspecified atom stereocenters. The first kappa shape index (κ1) is 15.4. The van der Waals surface area contributed by atoms with Crippen LogP contribution in [0.1, 0.15) is 16.8 Å². The molecule has 1 atom stereocenters. The molecule has 1 aliphatic heterocycles. The van der Waals surface area contributed by atoms with E-state index in [4.69, 9.17) is 5.11 Å². The van der Waals surface area contributed by atoms with Crippen LogP contribution in [0, 0.1) is 5.95 Å². The highest BCUT2D eigenvalue weighted by Gasteiger charge is 2.36. The molecule has 1 saturated heterocycles. The van der Waals surface area contributed by atoms with E-state index < -0.39 is 40.2 Å². The second kappa shape index (κ2) is 5.76. The molecule has 7 nitrogen and oxygen atoms in total. The molecule has 2 rings (SSSR count). The van der Waals surface area contributed by atoms with E-state index in [1.54, 1.807) is 0 Å². The van der Waals surface area contributed by atoms with Crippen LogP contribution in [0.25, 0.3) is 0 Å². The number of carbonyl (C=O) groups excluding carboxylic acids is 1. The Balaban J connectivity index is 2.28. The van der Waals surface area contributed by atoms with Crippen molar-refractivity contribution in [1.29, 1.82) is 0 Å². The molecule has 1 aliphatic rings. The van der Waals surface area contributed by atoms with E-state index in [9.17, 15) is 22.4 Å². The SMILES string of the molecule is O=C(O)CN(C(=O)c1ccnc(F)c1)C1CCS(=O)(=O)C1. The Bertz CT molecular complexity index is 676. The Hall–Kier alpha value is -2.03. The van der Waals surface area contributed by atoms with Gasteiger partial charge in [-0.2, -0.15) is 4.39 Å². The predicted octanol–water partition coefficient (Wildman–Crippen LogP) is -0.0654. The third-order valence-electron chi connectivity index (χ3n) is 3.19. The Morgan fingerprint density at radius 1 is 1.48 bits per heavy atom. The summed E-state index contributed by atoms with van der Waals surface area (Å²) in [5.41, 5.74) is -0.0620. The van der Waals surface area contributed by atoms with Gasteiger partial charge < -0.3 is 10.0 Å². The number of hydrogen-bond donors (Lipinski definition) is 1. The first-order valence-electron chi connectivity index (χ1n) is 6.13. The third kappa shape index (κ3) is 3.75. The minimum absolute atomic E-state index is 0.0620. The highest BCUT2D eigenvalue weighted by atomic mass is 32.2. The van der Waals surface area contributed by atoms with E-state index in [0.717, 1.165) is 17.2 Å². The summed E-state index contributed by atoms with van der Waals surface area (Å²) >= 11 is 0. The van der Waals surface area contributed by atoms with Crippen LogP contribution in [0.4, 0.5) is 4.39 Å². The average Bonchev–Trinajstić information content (AvgIpc) is 2.75. The first-order valence-corrected chi connectivity index (χ1v) is 7.95. The number of halogens is 1. The van der Waals surface area contributed by atoms with Crippen LogP contribution >= 0.6 is 0 Å². The van der Waals surface area contributed by atoms with Gasteiger partial charge in [0.15, 0.2) is 9.84 Å². The van der Waals surface area contributed by atoms with Crippen LogP contribution < -0.4 is 0 Å². The van der Waals surface area contributed by atoms with Crippen LogP contribution in [0.15, 0.2) is 18.3 Å². The molecule has 2 heterocycles. The molecule has 1 aromatic rings. The van der Waals surface area contributed by atoms with Crippen molar-refractivity contribution in [2.75, 3.05) is 18.1 Å². The molecule has 1 N–H and O–H groups in total. The zero-order valence-corrected chi connectivity index (χ0v) is 11.7. The quantitative estimate of drug-likeness (QED) is 0.780. The van der Waals surface area contributed by atoms with E-state index in [0.29, 0.717) is 0 Å². The molecule has 21 heavy (non-hydrogen) atoms. The molecule has 9 heteroatoms. The maximum Gasteiger partial charge on any atom is 0.323 e. The highest BCUT2D eigenvalue weighted by Crippen LogP contribution is 2.20. The van der Waals surface area contributed by atoms with Crippen LogP contribution in [-0.2, 0) is 14.6 Å². The Labute approximate surface area is 120 Å². The first-order chi connectivity index (χ1) is 9.78. The minimum Gasteiger partial charge on any atom is -0.480 e. The molecule has 1 amide bonds. The van der Waals surface area contributed by atoms with E-state index in [2.05, 4.69) is 4.98 Å². The third-order valence-corrected chi connectivity index (χ3v) is 4.94. The second-order valence-corrected chi connectivity index (χ2v) is 6.98. The largest absolute Gasteiger partial charge is 0.480 e. The monoisotopic (exact) mass is 316 g/mol. The fourth-order valence-electron chi connectivity index (χ4n) is 2.23. The molecule has 0 saturated carbocycles. The number of amides is 1. The Morgan fingerprint density at radius 3 is 2.71 bits per heavy atom. The van der Waals surface area contributed by atoms with E-state index in [-0.39, 0.29) is 23.5 Å². The smallest absolute Gasteiger partial charge is 0.323 e. The molecule has 1 aromatic heterocycles. The molecular weight excluding hydrogens is 303 g/mol. The molecule has 0 radical (unpaired) electrons. The molecule has 0 spiro atoms. The number of aliphatic carboxylic acids is 1. The summed E-state index contributed by atoms with van der Waals surface area (Å²) in [4.78, 5) is 27.5. The van der Waals surface area contributed by atoms with Crippen molar-refractivity contribution in [2.45, 2.75) is 12.5 Å². The van der Waals surface area contributed by atoms with Gasteiger partial charge in [0.25, 0.3) is 5.91 Å². The van der Waals surface area contributed by atoms with Crippen LogP contribution in [0.5, 0.6) is 0 Å². The lowest BCUT2D eigenvalue weighted by Crippen LogP contribution is -2.44. The number of nitrogens with zero attached hydrogens (tertiary/aromatic N) is 2. The molecule has 114 valence electrons. The zero-order valence-electron chi connectivity index (χ0n) is 10.9. The number of sulfone groups is 1. The van der Waals surface area contributed by atoms with Gasteiger partial charge in [-0.25, -0.2) is 13.4 Å². The predicted molar refractivity (Wildman–Crippen MR) is 69.9 cm³/mol. The van der Waals surface area contributed by atoms with Gasteiger partial charge in [-0.05, 0) is 12.5 Å². The number of carboxylic acid groups (broad SMARTS) is 1. The average molecular weight is 316 g/mol. The summed E-state index contributed by atoms with van der Waals surface area (Å²) < 4.78 is 36.0. The maximum absolute atomic E-state index is 13.1. The highest BCUT2D eigenvalue weighted by molar-refractivity contribution is 7.91. The molecule has 1 fully saturated rings. The molecule has 0 aliphatic carbocycles. The van der Waals surface area contributed by atoms with Gasteiger partial charge in [-0.15, -0.1) is 0 Å². The number of hydrogen-bond acceptors (Lipinski definition) is 5. The minimum atomic E-state index is -3.27. The number of carboxylic acids is 1. The standard InChI is InChI=1S/C12H13FN2O5S/c13-10-5-8(1-3-14-10)12(18)15(6-11(16)17)9-2-4-21(19,20)7-9/h1,3,5,9H,2,4,6-7H2,(H,16,17). The summed E-state index contributed by atoms with van der Waals surface area (Å²) in [5.74, 6) is -3.22. The van der Waals surface area contributed by atoms with E-state index in [1.807, 2.05) is 0 Å². The van der Waals surface area contributed by atoms with Crippen LogP contribution in [-0.4, -0.2) is 59.4 Å². The van der Waals surface area contributed by atoms with Crippen molar-refractivity contribution < 1.29 is 27.5 Å². The van der Waals surface area contributed by atoms with Crippen molar-refractivity contribution in [2.24, 2.45) is 0 Å². The lowest BCUT2D eigenvalue weighted by atomic mass is 10.1. The normalized spacial score (nSPS) is 20.1. The number of rotatable bonds is 4. The van der Waals surface area contributed by atoms with Crippen molar-refractivity contribution in [1.82, 2.24) is 9.88 Å². The Morgan fingerprint density at radius 2 is 2.19 bits per heavy atom. The van der Waals surface area contributed by atoms with Gasteiger partial charge in [0, 0.05) is 23.9 Å². The fraction of sp³-hybridized carbons (Fsp3) is 0.417. The van der Waals surface area contributed by atoms with Crippen molar-refractivity contribution in [3.63, 3.8) is 0 Å². The summed E-state index contributed by atoms with van der Waals surface area (Å²) in [5, 5.41) is 8.89. The summed E-state index contributed by atoms with van der Waals surface area (Å²) in [7, 11) is -3.27. The fourth-order valence-corrected chi connectivity index (χ4v) is 3.97. The lowest BCUT2D eigenvalue weighted by molar-refractivity contribution is -0.138. The zero-order chi connectivity index (χ0) is 15.6. The number of pyridine rings is 1. The Kier molecular flexibility index (Phi) is 4.21. The van der Waals surface area contributed by atoms with Crippen LogP contribution in [0.2, 0.25) is 0 Å². The molecular formula is C12H13FN2O5S. The summed E-state index contributed by atoms with van der Waals surface area (Å²) in [6.45, 7) is -0.636. The summed E-state index contributed by atoms with van der Waals surface area (Å²) in [6, 6.07) is 1.43. The van der Waals surface area contributed by atoms with Gasteiger partial charge in [0.2, 0.25) is 5.95 Å². The topological polar surface area (TPSA) is 105 Å².